The molecule has 0 saturated heterocycles. The van der Waals surface area contributed by atoms with Crippen LogP contribution in [0.1, 0.15) is 25.2 Å². The van der Waals surface area contributed by atoms with E-state index in [0.717, 1.165) is 24.4 Å². The molecule has 0 aliphatic rings. The van der Waals surface area contributed by atoms with Crippen molar-refractivity contribution in [2.75, 3.05) is 23.8 Å². The Labute approximate surface area is 189 Å². The second-order valence-corrected chi connectivity index (χ2v) is 7.91. The van der Waals surface area contributed by atoms with Crippen molar-refractivity contribution in [3.63, 3.8) is 0 Å². The molecule has 8 nitrogen and oxygen atoms in total. The zero-order valence-corrected chi connectivity index (χ0v) is 18.1. The van der Waals surface area contributed by atoms with Crippen LogP contribution in [0.3, 0.4) is 0 Å². The third kappa shape index (κ3) is 6.50. The molecular weight excluding hydrogens is 468 g/mol. The average molecular weight is 487 g/mol. The highest BCUT2D eigenvalue weighted by Gasteiger charge is 2.33. The lowest BCUT2D eigenvalue weighted by atomic mass is 10.1. The van der Waals surface area contributed by atoms with Gasteiger partial charge in [0.05, 0.1) is 5.60 Å². The molecule has 0 radical (unpaired) electrons. The van der Waals surface area contributed by atoms with Crippen LogP contribution in [0.25, 0.3) is 11.5 Å². The average Bonchev–Trinajstić information content (AvgIpc) is 2.71. The SMILES string of the molecule is CN(CC(C)(C)O)c1nc(Nc2ccnc(C(F)(F)F)c2)nc(-c2cccc(C(F)(F)F)n2)n1. The van der Waals surface area contributed by atoms with Gasteiger partial charge in [-0.3, -0.25) is 4.98 Å². The van der Waals surface area contributed by atoms with Crippen LogP contribution in [0.4, 0.5) is 43.9 Å². The van der Waals surface area contributed by atoms with Gasteiger partial charge in [-0.15, -0.1) is 0 Å². The Kier molecular flexibility index (Phi) is 6.64. The smallest absolute Gasteiger partial charge is 0.389 e. The van der Waals surface area contributed by atoms with Gasteiger partial charge in [0.1, 0.15) is 17.1 Å². The van der Waals surface area contributed by atoms with Gasteiger partial charge in [0.15, 0.2) is 5.82 Å². The lowest BCUT2D eigenvalue weighted by Gasteiger charge is -2.26. The molecule has 0 fully saturated rings. The van der Waals surface area contributed by atoms with E-state index in [1.54, 1.807) is 0 Å². The maximum Gasteiger partial charge on any atom is 0.433 e. The second-order valence-electron chi connectivity index (χ2n) is 7.91. The summed E-state index contributed by atoms with van der Waals surface area (Å²) in [5.41, 5.74) is -3.81. The van der Waals surface area contributed by atoms with E-state index >= 15 is 0 Å². The largest absolute Gasteiger partial charge is 0.433 e. The highest BCUT2D eigenvalue weighted by Crippen LogP contribution is 2.31. The van der Waals surface area contributed by atoms with Crippen LogP contribution in [0.15, 0.2) is 36.5 Å². The standard InChI is InChI=1S/C20H19F6N7O/c1-18(2,34)10-33(3)17-31-15(12-5-4-6-13(29-12)19(21,22)23)30-16(32-17)28-11-7-8-27-14(9-11)20(24,25)26/h4-9,34H,10H2,1-3H3,(H,27,28,30,31,32). The van der Waals surface area contributed by atoms with Crippen molar-refractivity contribution in [1.29, 1.82) is 0 Å². The van der Waals surface area contributed by atoms with Gasteiger partial charge < -0.3 is 15.3 Å². The summed E-state index contributed by atoms with van der Waals surface area (Å²) in [6.07, 6.45) is -8.47. The number of halogens is 6. The van der Waals surface area contributed by atoms with Gasteiger partial charge >= 0.3 is 12.4 Å². The van der Waals surface area contributed by atoms with Crippen molar-refractivity contribution in [3.05, 3.63) is 47.9 Å². The van der Waals surface area contributed by atoms with Crippen LogP contribution in [0.2, 0.25) is 0 Å². The van der Waals surface area contributed by atoms with Crippen molar-refractivity contribution >= 4 is 17.6 Å². The predicted octanol–water partition coefficient (Wildman–Crippen LogP) is 4.32. The Morgan fingerprint density at radius 3 is 2.21 bits per heavy atom. The topological polar surface area (TPSA) is 100.0 Å². The Balaban J connectivity index is 2.07. The molecule has 0 unspecified atom stereocenters. The number of rotatable bonds is 6. The molecule has 3 aromatic rings. The van der Waals surface area contributed by atoms with Gasteiger partial charge in [-0.25, -0.2) is 4.98 Å². The molecule has 3 heterocycles. The molecule has 2 N–H and O–H groups in total. The number of aromatic nitrogens is 5. The Morgan fingerprint density at radius 2 is 1.59 bits per heavy atom. The number of hydrogen-bond donors (Lipinski definition) is 2. The van der Waals surface area contributed by atoms with Gasteiger partial charge in [-0.1, -0.05) is 6.07 Å². The summed E-state index contributed by atoms with van der Waals surface area (Å²) in [5, 5.41) is 12.7. The minimum absolute atomic E-state index is 0.0272. The number of hydrogen-bond acceptors (Lipinski definition) is 8. The molecule has 0 aromatic carbocycles. The first kappa shape index (κ1) is 25.1. The monoisotopic (exact) mass is 487 g/mol. The van der Waals surface area contributed by atoms with E-state index < -0.39 is 29.3 Å². The molecule has 0 bridgehead atoms. The molecule has 0 saturated carbocycles. The van der Waals surface area contributed by atoms with Gasteiger partial charge in [0.2, 0.25) is 11.9 Å². The van der Waals surface area contributed by atoms with Gasteiger partial charge in [-0.2, -0.15) is 41.3 Å². The normalized spacial score (nSPS) is 12.5. The molecule has 3 aromatic heterocycles. The molecule has 34 heavy (non-hydrogen) atoms. The molecule has 0 atom stereocenters. The number of anilines is 3. The summed E-state index contributed by atoms with van der Waals surface area (Å²) in [5.74, 6) is -0.564. The van der Waals surface area contributed by atoms with Crippen LogP contribution < -0.4 is 10.2 Å². The minimum atomic E-state index is -4.71. The quantitative estimate of drug-likeness (QED) is 0.496. The van der Waals surface area contributed by atoms with Crippen LogP contribution in [0.5, 0.6) is 0 Å². The van der Waals surface area contributed by atoms with Crippen molar-refractivity contribution in [2.45, 2.75) is 31.8 Å². The van der Waals surface area contributed by atoms with E-state index in [9.17, 15) is 31.4 Å². The molecule has 0 amide bonds. The first-order chi connectivity index (χ1) is 15.6. The lowest BCUT2D eigenvalue weighted by molar-refractivity contribution is -0.141. The van der Waals surface area contributed by atoms with Gasteiger partial charge in [0.25, 0.3) is 0 Å². The summed E-state index contributed by atoms with van der Waals surface area (Å²) in [6, 6.07) is 5.12. The number of alkyl halides is 6. The Hall–Kier alpha value is -3.55. The first-order valence-electron chi connectivity index (χ1n) is 9.66. The zero-order valence-electron chi connectivity index (χ0n) is 18.1. The highest BCUT2D eigenvalue weighted by molar-refractivity contribution is 5.59. The molecule has 0 aliphatic carbocycles. The van der Waals surface area contributed by atoms with E-state index in [2.05, 4.69) is 30.2 Å². The van der Waals surface area contributed by atoms with Crippen molar-refractivity contribution in [2.24, 2.45) is 0 Å². The van der Waals surface area contributed by atoms with E-state index in [-0.39, 0.29) is 35.6 Å². The van der Waals surface area contributed by atoms with Gasteiger partial charge in [-0.05, 0) is 38.1 Å². The second kappa shape index (κ2) is 9.00. The summed E-state index contributed by atoms with van der Waals surface area (Å²) in [4.78, 5) is 20.5. The van der Waals surface area contributed by atoms with Crippen molar-refractivity contribution in [1.82, 2.24) is 24.9 Å². The fraction of sp³-hybridized carbons (Fsp3) is 0.350. The molecule has 0 spiro atoms. The highest BCUT2D eigenvalue weighted by atomic mass is 19.4. The fourth-order valence-corrected chi connectivity index (χ4v) is 2.87. The van der Waals surface area contributed by atoms with Crippen LogP contribution in [-0.2, 0) is 12.4 Å². The molecule has 14 heteroatoms. The van der Waals surface area contributed by atoms with E-state index in [4.69, 9.17) is 0 Å². The van der Waals surface area contributed by atoms with Crippen molar-refractivity contribution in [3.8, 4) is 11.5 Å². The number of likely N-dealkylation sites (N-methyl/N-ethyl adjacent to an activating group) is 1. The lowest BCUT2D eigenvalue weighted by Crippen LogP contribution is -2.37. The first-order valence-corrected chi connectivity index (χ1v) is 9.66. The summed E-state index contributed by atoms with van der Waals surface area (Å²) in [6.45, 7) is 3.07. The van der Waals surface area contributed by atoms with E-state index in [0.29, 0.717) is 0 Å². The number of nitrogens with zero attached hydrogens (tertiary/aromatic N) is 6. The molecule has 182 valence electrons. The maximum atomic E-state index is 13.1. The van der Waals surface area contributed by atoms with E-state index in [1.807, 2.05) is 0 Å². The summed E-state index contributed by atoms with van der Waals surface area (Å²) >= 11 is 0. The third-order valence-electron chi connectivity index (χ3n) is 4.16. The zero-order chi connectivity index (χ0) is 25.3. The Morgan fingerprint density at radius 1 is 0.912 bits per heavy atom. The summed E-state index contributed by atoms with van der Waals surface area (Å²) < 4.78 is 78.3. The van der Waals surface area contributed by atoms with E-state index in [1.165, 1.54) is 37.9 Å². The van der Waals surface area contributed by atoms with Crippen LogP contribution >= 0.6 is 0 Å². The molecule has 3 rings (SSSR count). The number of nitrogens with one attached hydrogen (secondary N) is 1. The summed E-state index contributed by atoms with van der Waals surface area (Å²) in [7, 11) is 1.52. The van der Waals surface area contributed by atoms with Crippen molar-refractivity contribution < 1.29 is 31.4 Å². The third-order valence-corrected chi connectivity index (χ3v) is 4.16. The number of pyridine rings is 2. The fourth-order valence-electron chi connectivity index (χ4n) is 2.87. The molecule has 0 aliphatic heterocycles. The predicted molar refractivity (Wildman–Crippen MR) is 110 cm³/mol. The molecular formula is C20H19F6N7O. The minimum Gasteiger partial charge on any atom is -0.389 e. The number of aliphatic hydroxyl groups is 1. The van der Waals surface area contributed by atoms with Crippen LogP contribution in [-0.4, -0.2) is 49.2 Å². The van der Waals surface area contributed by atoms with Crippen LogP contribution in [0, 0.1) is 0 Å². The Bertz CT molecular complexity index is 1160. The van der Waals surface area contributed by atoms with Gasteiger partial charge in [0, 0.05) is 25.5 Å². The maximum absolute atomic E-state index is 13.1.